The zero-order valence-corrected chi connectivity index (χ0v) is 8.81. The van der Waals surface area contributed by atoms with Gasteiger partial charge in [-0.25, -0.2) is 9.18 Å². The lowest BCUT2D eigenvalue weighted by atomic mass is 9.94. The van der Waals surface area contributed by atoms with Crippen LogP contribution in [-0.4, -0.2) is 29.3 Å². The van der Waals surface area contributed by atoms with Crippen LogP contribution in [0.5, 0.6) is 0 Å². The van der Waals surface area contributed by atoms with Crippen molar-refractivity contribution in [2.45, 2.75) is 24.4 Å². The molecule has 1 aliphatic carbocycles. The molecule has 1 aromatic heterocycles. The van der Waals surface area contributed by atoms with Gasteiger partial charge in [-0.2, -0.15) is 0 Å². The lowest BCUT2D eigenvalue weighted by Gasteiger charge is -2.19. The minimum Gasteiger partial charge on any atom is -0.467 e. The summed E-state index contributed by atoms with van der Waals surface area (Å²) in [6, 6.07) is 2.48. The van der Waals surface area contributed by atoms with Gasteiger partial charge in [0.05, 0.1) is 12.8 Å². The molecule has 1 atom stereocenters. The van der Waals surface area contributed by atoms with E-state index < -0.39 is 23.3 Å². The Morgan fingerprint density at radius 3 is 2.88 bits per heavy atom. The molecule has 1 unspecified atom stereocenters. The Labute approximate surface area is 92.1 Å². The highest BCUT2D eigenvalue weighted by Gasteiger charge is 2.55. The fourth-order valence-electron chi connectivity index (χ4n) is 1.82. The second kappa shape index (κ2) is 3.83. The number of methoxy groups -OCH3 is 1. The third kappa shape index (κ3) is 1.67. The van der Waals surface area contributed by atoms with Crippen LogP contribution >= 0.6 is 0 Å². The van der Waals surface area contributed by atoms with Crippen LogP contribution in [0.2, 0.25) is 0 Å². The lowest BCUT2D eigenvalue weighted by Crippen LogP contribution is -2.35. The van der Waals surface area contributed by atoms with E-state index in [-0.39, 0.29) is 0 Å². The smallest absolute Gasteiger partial charge is 0.335 e. The third-order valence-electron chi connectivity index (χ3n) is 2.97. The quantitative estimate of drug-likeness (QED) is 0.772. The van der Waals surface area contributed by atoms with Gasteiger partial charge in [0.15, 0.2) is 6.10 Å². The zero-order chi connectivity index (χ0) is 11.8. The third-order valence-corrected chi connectivity index (χ3v) is 2.97. The Bertz CT molecular complexity index is 417. The first-order chi connectivity index (χ1) is 7.60. The van der Waals surface area contributed by atoms with Crippen LogP contribution in [-0.2, 0) is 14.9 Å². The Morgan fingerprint density at radius 2 is 2.38 bits per heavy atom. The monoisotopic (exact) mass is 225 g/mol. The summed E-state index contributed by atoms with van der Waals surface area (Å²) >= 11 is 0. The molecule has 86 valence electrons. The summed E-state index contributed by atoms with van der Waals surface area (Å²) in [5.74, 6) is -1.13. The molecule has 0 aliphatic heterocycles. The van der Waals surface area contributed by atoms with Crippen molar-refractivity contribution in [3.63, 3.8) is 0 Å². The second-order valence-corrected chi connectivity index (χ2v) is 3.94. The first-order valence-corrected chi connectivity index (χ1v) is 4.98. The summed E-state index contributed by atoms with van der Waals surface area (Å²) < 4.78 is 17.5. The molecule has 0 aromatic carbocycles. The van der Waals surface area contributed by atoms with Gasteiger partial charge in [-0.05, 0) is 25.0 Å². The van der Waals surface area contributed by atoms with E-state index in [1.807, 2.05) is 0 Å². The van der Waals surface area contributed by atoms with E-state index in [0.29, 0.717) is 18.5 Å². The minimum atomic E-state index is -1.27. The second-order valence-electron chi connectivity index (χ2n) is 3.94. The zero-order valence-electron chi connectivity index (χ0n) is 8.81. The largest absolute Gasteiger partial charge is 0.467 e. The average molecular weight is 225 g/mol. The van der Waals surface area contributed by atoms with Crippen LogP contribution in [0.1, 0.15) is 18.5 Å². The molecule has 0 bridgehead atoms. The van der Waals surface area contributed by atoms with Crippen molar-refractivity contribution in [3.8, 4) is 0 Å². The van der Waals surface area contributed by atoms with E-state index in [4.69, 9.17) is 0 Å². The molecule has 4 nitrogen and oxygen atoms in total. The number of pyridine rings is 1. The number of halogens is 1. The highest BCUT2D eigenvalue weighted by Crippen LogP contribution is 2.50. The van der Waals surface area contributed by atoms with Crippen LogP contribution in [0.25, 0.3) is 0 Å². The van der Waals surface area contributed by atoms with Crippen LogP contribution < -0.4 is 0 Å². The average Bonchev–Trinajstić information content (AvgIpc) is 3.08. The van der Waals surface area contributed by atoms with Crippen LogP contribution in [0.15, 0.2) is 18.3 Å². The number of aliphatic hydroxyl groups excluding tert-OH is 1. The fourth-order valence-corrected chi connectivity index (χ4v) is 1.82. The predicted molar refractivity (Wildman–Crippen MR) is 53.1 cm³/mol. The molecular weight excluding hydrogens is 213 g/mol. The number of carbonyl (C=O) groups is 1. The molecular formula is C11H12FNO3. The van der Waals surface area contributed by atoms with E-state index in [0.717, 1.165) is 0 Å². The number of esters is 1. The van der Waals surface area contributed by atoms with Crippen molar-refractivity contribution >= 4 is 5.97 Å². The van der Waals surface area contributed by atoms with E-state index in [1.165, 1.54) is 25.4 Å². The van der Waals surface area contributed by atoms with Crippen LogP contribution in [0, 0.1) is 5.82 Å². The number of aromatic nitrogens is 1. The van der Waals surface area contributed by atoms with Gasteiger partial charge < -0.3 is 9.84 Å². The van der Waals surface area contributed by atoms with Crippen molar-refractivity contribution in [2.24, 2.45) is 0 Å². The van der Waals surface area contributed by atoms with Gasteiger partial charge in [-0.15, -0.1) is 0 Å². The normalized spacial score (nSPS) is 18.9. The maximum Gasteiger partial charge on any atom is 0.335 e. The van der Waals surface area contributed by atoms with Crippen LogP contribution in [0.4, 0.5) is 4.39 Å². The summed E-state index contributed by atoms with van der Waals surface area (Å²) in [7, 11) is 1.21. The summed E-state index contributed by atoms with van der Waals surface area (Å²) in [4.78, 5) is 15.3. The van der Waals surface area contributed by atoms with Crippen molar-refractivity contribution < 1.29 is 19.0 Å². The lowest BCUT2D eigenvalue weighted by molar-refractivity contribution is -0.152. The molecule has 2 rings (SSSR count). The van der Waals surface area contributed by atoms with Gasteiger partial charge in [-0.1, -0.05) is 0 Å². The molecule has 1 aromatic rings. The minimum absolute atomic E-state index is 0.408. The molecule has 0 radical (unpaired) electrons. The molecule has 1 N–H and O–H groups in total. The molecule has 1 heterocycles. The maximum atomic E-state index is 13.0. The van der Waals surface area contributed by atoms with Gasteiger partial charge in [0.2, 0.25) is 0 Å². The van der Waals surface area contributed by atoms with Gasteiger partial charge >= 0.3 is 5.97 Å². The molecule has 5 heteroatoms. The van der Waals surface area contributed by atoms with E-state index in [1.54, 1.807) is 0 Å². The summed E-state index contributed by atoms with van der Waals surface area (Å²) in [5.41, 5.74) is -0.347. The summed E-state index contributed by atoms with van der Waals surface area (Å²) in [6.07, 6.45) is 1.28. The number of carbonyl (C=O) groups excluding carboxylic acids is 1. The molecule has 1 fully saturated rings. The molecule has 0 spiro atoms. The number of nitrogens with zero attached hydrogens (tertiary/aromatic N) is 1. The molecule has 1 aliphatic rings. The molecule has 0 saturated heterocycles. The van der Waals surface area contributed by atoms with E-state index in [2.05, 4.69) is 9.72 Å². The number of hydrogen-bond acceptors (Lipinski definition) is 4. The van der Waals surface area contributed by atoms with Gasteiger partial charge in [-0.3, -0.25) is 4.98 Å². The Kier molecular flexibility index (Phi) is 2.63. The fraction of sp³-hybridized carbons (Fsp3) is 0.455. The SMILES string of the molecule is COC(=O)C(O)C1(c2cc(F)ccn2)CC1. The summed E-state index contributed by atoms with van der Waals surface area (Å²) in [5, 5.41) is 9.82. The highest BCUT2D eigenvalue weighted by atomic mass is 19.1. The van der Waals surface area contributed by atoms with E-state index >= 15 is 0 Å². The van der Waals surface area contributed by atoms with Crippen molar-refractivity contribution in [1.82, 2.24) is 4.98 Å². The Morgan fingerprint density at radius 1 is 1.69 bits per heavy atom. The molecule has 1 saturated carbocycles. The van der Waals surface area contributed by atoms with E-state index in [9.17, 15) is 14.3 Å². The Hall–Kier alpha value is -1.49. The van der Waals surface area contributed by atoms with Crippen molar-refractivity contribution in [1.29, 1.82) is 0 Å². The first-order valence-electron chi connectivity index (χ1n) is 4.98. The topological polar surface area (TPSA) is 59.4 Å². The van der Waals surface area contributed by atoms with Crippen LogP contribution in [0.3, 0.4) is 0 Å². The van der Waals surface area contributed by atoms with Crippen molar-refractivity contribution in [3.05, 3.63) is 29.8 Å². The standard InChI is InChI=1S/C11H12FNO3/c1-16-10(15)9(14)11(3-4-11)8-6-7(12)2-5-13-8/h2,5-6,9,14H,3-4H2,1H3. The predicted octanol–water partition coefficient (Wildman–Crippen LogP) is 0.786. The van der Waals surface area contributed by atoms with Crippen molar-refractivity contribution in [2.75, 3.05) is 7.11 Å². The molecule has 0 amide bonds. The highest BCUT2D eigenvalue weighted by molar-refractivity contribution is 5.77. The molecule has 16 heavy (non-hydrogen) atoms. The number of rotatable bonds is 3. The number of aliphatic hydroxyl groups is 1. The van der Waals surface area contributed by atoms with Gasteiger partial charge in [0.25, 0.3) is 0 Å². The maximum absolute atomic E-state index is 13.0. The number of hydrogen-bond donors (Lipinski definition) is 1. The van der Waals surface area contributed by atoms with Gasteiger partial charge in [0, 0.05) is 11.6 Å². The van der Waals surface area contributed by atoms with Gasteiger partial charge in [0.1, 0.15) is 5.82 Å². The first kappa shape index (κ1) is 11.0. The Balaban J connectivity index is 2.29. The summed E-state index contributed by atoms with van der Waals surface area (Å²) in [6.45, 7) is 0. The number of ether oxygens (including phenoxy) is 1.